The zero-order valence-electron chi connectivity index (χ0n) is 11.5. The molecule has 1 aliphatic rings. The number of rotatable bonds is 3. The van der Waals surface area contributed by atoms with Crippen LogP contribution in [0.3, 0.4) is 0 Å². The summed E-state index contributed by atoms with van der Waals surface area (Å²) in [4.78, 5) is 2.35. The first-order valence-corrected chi connectivity index (χ1v) is 6.89. The smallest absolute Gasteiger partial charge is 0.423 e. The molecule has 19 heavy (non-hydrogen) atoms. The third-order valence-corrected chi connectivity index (χ3v) is 4.12. The van der Waals surface area contributed by atoms with Gasteiger partial charge in [0.15, 0.2) is 0 Å². The molecule has 104 valence electrons. The highest BCUT2D eigenvalue weighted by Gasteiger charge is 2.26. The van der Waals surface area contributed by atoms with E-state index in [0.717, 1.165) is 18.4 Å². The van der Waals surface area contributed by atoms with E-state index in [0.29, 0.717) is 18.6 Å². The summed E-state index contributed by atoms with van der Waals surface area (Å²) in [5.74, 6) is -0.438. The van der Waals surface area contributed by atoms with E-state index in [-0.39, 0.29) is 5.46 Å². The van der Waals surface area contributed by atoms with Crippen molar-refractivity contribution in [3.05, 3.63) is 29.6 Å². The van der Waals surface area contributed by atoms with Crippen molar-refractivity contribution in [1.82, 2.24) is 4.90 Å². The third kappa shape index (κ3) is 3.35. The monoisotopic (exact) mass is 265 g/mol. The Hall–Kier alpha value is -0.905. The summed E-state index contributed by atoms with van der Waals surface area (Å²) in [7, 11) is -1.62. The van der Waals surface area contributed by atoms with E-state index in [1.54, 1.807) is 6.07 Å². The first kappa shape index (κ1) is 14.5. The van der Waals surface area contributed by atoms with E-state index in [1.165, 1.54) is 18.6 Å². The van der Waals surface area contributed by atoms with E-state index in [1.807, 2.05) is 0 Å². The molecule has 1 saturated heterocycles. The van der Waals surface area contributed by atoms with Crippen molar-refractivity contribution in [3.63, 3.8) is 0 Å². The normalized spacial score (nSPS) is 24.5. The summed E-state index contributed by atoms with van der Waals surface area (Å²) >= 11 is 0. The van der Waals surface area contributed by atoms with Crippen molar-refractivity contribution in [3.8, 4) is 0 Å². The van der Waals surface area contributed by atoms with Gasteiger partial charge in [0.05, 0.1) is 0 Å². The molecule has 0 saturated carbocycles. The highest BCUT2D eigenvalue weighted by atomic mass is 19.1. The molecule has 0 aromatic heterocycles. The van der Waals surface area contributed by atoms with Gasteiger partial charge in [-0.2, -0.15) is 0 Å². The van der Waals surface area contributed by atoms with Crippen molar-refractivity contribution in [2.45, 2.75) is 51.7 Å². The second-order valence-electron chi connectivity index (χ2n) is 5.52. The highest BCUT2D eigenvalue weighted by Crippen LogP contribution is 2.24. The zero-order chi connectivity index (χ0) is 14.0. The van der Waals surface area contributed by atoms with Crippen LogP contribution in [0.1, 0.15) is 38.7 Å². The molecule has 0 radical (unpaired) electrons. The topological polar surface area (TPSA) is 43.7 Å². The lowest BCUT2D eigenvalue weighted by Crippen LogP contribution is -2.45. The van der Waals surface area contributed by atoms with Gasteiger partial charge in [-0.1, -0.05) is 12.5 Å². The SMILES string of the molecule is C[C@@H]1CCC[C@H](C)N1Cc1ccc(F)cc1B(O)O. The van der Waals surface area contributed by atoms with Crippen molar-refractivity contribution >= 4 is 12.6 Å². The highest BCUT2D eigenvalue weighted by molar-refractivity contribution is 6.59. The third-order valence-electron chi connectivity index (χ3n) is 4.12. The van der Waals surface area contributed by atoms with Crippen LogP contribution in [0.2, 0.25) is 0 Å². The van der Waals surface area contributed by atoms with Gasteiger partial charge < -0.3 is 10.0 Å². The van der Waals surface area contributed by atoms with Gasteiger partial charge in [0, 0.05) is 18.6 Å². The molecule has 1 fully saturated rings. The molecule has 1 heterocycles. The summed E-state index contributed by atoms with van der Waals surface area (Å²) in [6.07, 6.45) is 3.54. The maximum atomic E-state index is 13.2. The number of nitrogens with zero attached hydrogens (tertiary/aromatic N) is 1. The van der Waals surface area contributed by atoms with Gasteiger partial charge >= 0.3 is 7.12 Å². The molecule has 2 rings (SSSR count). The molecule has 2 atom stereocenters. The largest absolute Gasteiger partial charge is 0.488 e. The van der Waals surface area contributed by atoms with E-state index < -0.39 is 12.9 Å². The summed E-state index contributed by atoms with van der Waals surface area (Å²) in [5.41, 5.74) is 1.06. The Morgan fingerprint density at radius 3 is 2.47 bits per heavy atom. The van der Waals surface area contributed by atoms with Crippen LogP contribution in [0.25, 0.3) is 0 Å². The maximum absolute atomic E-state index is 13.2. The van der Waals surface area contributed by atoms with E-state index in [4.69, 9.17) is 0 Å². The first-order chi connectivity index (χ1) is 8.99. The van der Waals surface area contributed by atoms with Gasteiger partial charge in [0.2, 0.25) is 0 Å². The van der Waals surface area contributed by atoms with Gasteiger partial charge in [-0.15, -0.1) is 0 Å². The Morgan fingerprint density at radius 1 is 1.26 bits per heavy atom. The second kappa shape index (κ2) is 6.03. The molecule has 1 aromatic carbocycles. The molecule has 5 heteroatoms. The van der Waals surface area contributed by atoms with Crippen molar-refractivity contribution in [2.75, 3.05) is 0 Å². The number of hydrogen-bond acceptors (Lipinski definition) is 3. The molecule has 0 bridgehead atoms. The lowest BCUT2D eigenvalue weighted by Gasteiger charge is -2.39. The van der Waals surface area contributed by atoms with Crippen LogP contribution in [0.15, 0.2) is 18.2 Å². The minimum absolute atomic E-state index is 0.268. The Labute approximate surface area is 114 Å². The minimum Gasteiger partial charge on any atom is -0.423 e. The quantitative estimate of drug-likeness (QED) is 0.809. The number of piperidine rings is 1. The van der Waals surface area contributed by atoms with Crippen LogP contribution in [0.4, 0.5) is 4.39 Å². The number of likely N-dealkylation sites (tertiary alicyclic amines) is 1. The Kier molecular flexibility index (Phi) is 4.60. The number of benzene rings is 1. The number of hydrogen-bond donors (Lipinski definition) is 2. The molecule has 0 spiro atoms. The van der Waals surface area contributed by atoms with E-state index in [2.05, 4.69) is 18.7 Å². The van der Waals surface area contributed by atoms with E-state index in [9.17, 15) is 14.4 Å². The summed E-state index contributed by atoms with van der Waals surface area (Å²) < 4.78 is 13.2. The predicted molar refractivity (Wildman–Crippen MR) is 74.5 cm³/mol. The maximum Gasteiger partial charge on any atom is 0.488 e. The minimum atomic E-state index is -1.62. The fourth-order valence-electron chi connectivity index (χ4n) is 2.93. The van der Waals surface area contributed by atoms with Gasteiger partial charge in [-0.05, 0) is 49.8 Å². The molecule has 2 N–H and O–H groups in total. The van der Waals surface area contributed by atoms with Crippen molar-refractivity contribution in [2.24, 2.45) is 0 Å². The van der Waals surface area contributed by atoms with Gasteiger partial charge in [-0.25, -0.2) is 4.39 Å². The van der Waals surface area contributed by atoms with Gasteiger partial charge in [0.1, 0.15) is 5.82 Å². The molecule has 0 amide bonds. The Morgan fingerprint density at radius 2 is 1.89 bits per heavy atom. The second-order valence-corrected chi connectivity index (χ2v) is 5.52. The number of halogens is 1. The molecule has 0 unspecified atom stereocenters. The standard InChI is InChI=1S/C14H21BFNO2/c1-10-4-3-5-11(2)17(10)9-12-6-7-13(16)8-14(12)15(18)19/h6-8,10-11,18-19H,3-5,9H2,1-2H3/t10-,11+. The zero-order valence-corrected chi connectivity index (χ0v) is 11.5. The van der Waals surface area contributed by atoms with Crippen LogP contribution >= 0.6 is 0 Å². The van der Waals surface area contributed by atoms with Crippen LogP contribution < -0.4 is 5.46 Å². The van der Waals surface area contributed by atoms with Crippen LogP contribution in [0, 0.1) is 5.82 Å². The lowest BCUT2D eigenvalue weighted by atomic mass is 9.76. The molecular formula is C14H21BFNO2. The molecule has 1 aliphatic heterocycles. The van der Waals surface area contributed by atoms with Crippen LogP contribution in [0.5, 0.6) is 0 Å². The average Bonchev–Trinajstić information content (AvgIpc) is 2.35. The van der Waals surface area contributed by atoms with Crippen molar-refractivity contribution < 1.29 is 14.4 Å². The molecule has 3 nitrogen and oxygen atoms in total. The van der Waals surface area contributed by atoms with Gasteiger partial charge in [0.25, 0.3) is 0 Å². The summed E-state index contributed by atoms with van der Waals surface area (Å²) in [5, 5.41) is 18.7. The van der Waals surface area contributed by atoms with Crippen LogP contribution in [-0.4, -0.2) is 34.2 Å². The van der Waals surface area contributed by atoms with Crippen LogP contribution in [-0.2, 0) is 6.54 Å². The summed E-state index contributed by atoms with van der Waals surface area (Å²) in [6.45, 7) is 5.01. The Bertz CT molecular complexity index is 431. The predicted octanol–water partition coefficient (Wildman–Crippen LogP) is 1.27. The van der Waals surface area contributed by atoms with Gasteiger partial charge in [-0.3, -0.25) is 4.90 Å². The fraction of sp³-hybridized carbons (Fsp3) is 0.571. The fourth-order valence-corrected chi connectivity index (χ4v) is 2.93. The average molecular weight is 265 g/mol. The molecule has 0 aliphatic carbocycles. The van der Waals surface area contributed by atoms with E-state index >= 15 is 0 Å². The van der Waals surface area contributed by atoms with Crippen molar-refractivity contribution in [1.29, 1.82) is 0 Å². The molecular weight excluding hydrogens is 244 g/mol. The Balaban J connectivity index is 2.22. The first-order valence-electron chi connectivity index (χ1n) is 6.89. The lowest BCUT2D eigenvalue weighted by molar-refractivity contribution is 0.0955. The summed E-state index contributed by atoms with van der Waals surface area (Å²) in [6, 6.07) is 5.17. The molecule has 1 aromatic rings.